The third kappa shape index (κ3) is 8.26. The van der Waals surface area contributed by atoms with Crippen LogP contribution >= 0.6 is 0 Å². The van der Waals surface area contributed by atoms with E-state index in [1.54, 1.807) is 7.11 Å². The third-order valence-electron chi connectivity index (χ3n) is 4.40. The van der Waals surface area contributed by atoms with E-state index in [4.69, 9.17) is 9.47 Å². The van der Waals surface area contributed by atoms with Crippen LogP contribution in [0.5, 0.6) is 0 Å². The third-order valence-corrected chi connectivity index (χ3v) is 4.40. The summed E-state index contributed by atoms with van der Waals surface area (Å²) in [6.45, 7) is 10.1. The molecule has 7 heteroatoms. The molecule has 0 radical (unpaired) electrons. The van der Waals surface area contributed by atoms with E-state index < -0.39 is 5.60 Å². The molecule has 0 spiro atoms. The lowest BCUT2D eigenvalue weighted by atomic mass is 10.1. The van der Waals surface area contributed by atoms with E-state index in [-0.39, 0.29) is 0 Å². The second-order valence-electron chi connectivity index (χ2n) is 7.18. The number of nitrogens with one attached hydrogen (secondary N) is 2. The van der Waals surface area contributed by atoms with Crippen molar-refractivity contribution in [3.63, 3.8) is 0 Å². The van der Waals surface area contributed by atoms with E-state index in [0.717, 1.165) is 44.0 Å². The van der Waals surface area contributed by atoms with Gasteiger partial charge in [0.1, 0.15) is 0 Å². The van der Waals surface area contributed by atoms with Crippen molar-refractivity contribution in [1.82, 2.24) is 15.5 Å². The number of morpholine rings is 1. The Labute approximate surface area is 162 Å². The van der Waals surface area contributed by atoms with E-state index in [1.807, 2.05) is 13.8 Å². The van der Waals surface area contributed by atoms with Crippen LogP contribution in [0.1, 0.15) is 25.0 Å². The molecule has 3 N–H and O–H groups in total. The number of hydrogen-bond acceptors (Lipinski definition) is 5. The number of nitrogens with zero attached hydrogens (tertiary/aromatic N) is 2. The Morgan fingerprint density at radius 1 is 1.22 bits per heavy atom. The molecule has 27 heavy (non-hydrogen) atoms. The van der Waals surface area contributed by atoms with Gasteiger partial charge in [0, 0.05) is 39.8 Å². The first-order valence-corrected chi connectivity index (χ1v) is 9.64. The maximum atomic E-state index is 10.7. The van der Waals surface area contributed by atoms with Gasteiger partial charge in [-0.3, -0.25) is 4.90 Å². The normalized spacial score (nSPS) is 18.1. The summed E-state index contributed by atoms with van der Waals surface area (Å²) >= 11 is 0. The van der Waals surface area contributed by atoms with Crippen molar-refractivity contribution in [3.05, 3.63) is 35.4 Å². The Kier molecular flexibility index (Phi) is 9.00. The SMILES string of the molecule is CCNC(=NCc1ccc(COC)cc1)NCC(C)(O)CN1CCOCC1. The van der Waals surface area contributed by atoms with Gasteiger partial charge in [-0.2, -0.15) is 0 Å². The summed E-state index contributed by atoms with van der Waals surface area (Å²) in [4.78, 5) is 6.86. The van der Waals surface area contributed by atoms with Crippen molar-refractivity contribution in [1.29, 1.82) is 0 Å². The maximum Gasteiger partial charge on any atom is 0.191 e. The van der Waals surface area contributed by atoms with Crippen LogP contribution in [0.25, 0.3) is 0 Å². The molecule has 0 aromatic heterocycles. The Hall–Kier alpha value is -1.67. The number of hydrogen-bond donors (Lipinski definition) is 3. The van der Waals surface area contributed by atoms with Gasteiger partial charge in [0.25, 0.3) is 0 Å². The lowest BCUT2D eigenvalue weighted by Gasteiger charge is -2.34. The van der Waals surface area contributed by atoms with Gasteiger partial charge in [-0.25, -0.2) is 4.99 Å². The van der Waals surface area contributed by atoms with Crippen LogP contribution in [0.4, 0.5) is 0 Å². The van der Waals surface area contributed by atoms with Crippen LogP contribution < -0.4 is 10.6 Å². The zero-order valence-corrected chi connectivity index (χ0v) is 16.8. The first-order chi connectivity index (χ1) is 13.0. The lowest BCUT2D eigenvalue weighted by Crippen LogP contribution is -2.52. The van der Waals surface area contributed by atoms with Crippen molar-refractivity contribution < 1.29 is 14.6 Å². The molecule has 0 bridgehead atoms. The molecule has 1 fully saturated rings. The molecule has 1 aromatic rings. The number of benzene rings is 1. The van der Waals surface area contributed by atoms with Crippen LogP contribution in [0.3, 0.4) is 0 Å². The highest BCUT2D eigenvalue weighted by atomic mass is 16.5. The number of methoxy groups -OCH3 is 1. The molecule has 1 aliphatic heterocycles. The molecule has 1 aliphatic rings. The van der Waals surface area contributed by atoms with Crippen LogP contribution in [0.2, 0.25) is 0 Å². The molecule has 1 heterocycles. The van der Waals surface area contributed by atoms with Crippen LogP contribution in [-0.2, 0) is 22.6 Å². The quantitative estimate of drug-likeness (QED) is 0.439. The predicted octanol–water partition coefficient (Wildman–Crippen LogP) is 0.971. The number of aliphatic imine (C=N–C) groups is 1. The molecular formula is C20H34N4O3. The number of ether oxygens (including phenoxy) is 2. The van der Waals surface area contributed by atoms with E-state index in [2.05, 4.69) is 44.8 Å². The molecule has 1 saturated heterocycles. The smallest absolute Gasteiger partial charge is 0.191 e. The van der Waals surface area contributed by atoms with Crippen LogP contribution in [-0.4, -0.2) is 74.6 Å². The highest BCUT2D eigenvalue weighted by Crippen LogP contribution is 2.08. The van der Waals surface area contributed by atoms with Gasteiger partial charge in [-0.15, -0.1) is 0 Å². The van der Waals surface area contributed by atoms with E-state index in [9.17, 15) is 5.11 Å². The number of guanidine groups is 1. The minimum absolute atomic E-state index is 0.433. The number of aliphatic hydroxyl groups is 1. The summed E-state index contributed by atoms with van der Waals surface area (Å²) in [5, 5.41) is 17.2. The molecule has 0 aliphatic carbocycles. The minimum atomic E-state index is -0.838. The summed E-state index contributed by atoms with van der Waals surface area (Å²) in [5.74, 6) is 0.709. The zero-order valence-electron chi connectivity index (χ0n) is 16.8. The summed E-state index contributed by atoms with van der Waals surface area (Å²) in [7, 11) is 1.69. The second-order valence-corrected chi connectivity index (χ2v) is 7.18. The molecule has 1 unspecified atom stereocenters. The van der Waals surface area contributed by atoms with Crippen molar-refractivity contribution >= 4 is 5.96 Å². The van der Waals surface area contributed by atoms with Crippen molar-refractivity contribution in [2.45, 2.75) is 32.6 Å². The summed E-state index contributed by atoms with van der Waals surface area (Å²) in [6.07, 6.45) is 0. The number of rotatable bonds is 9. The van der Waals surface area contributed by atoms with Gasteiger partial charge in [-0.1, -0.05) is 24.3 Å². The summed E-state index contributed by atoms with van der Waals surface area (Å²) in [6, 6.07) is 8.25. The van der Waals surface area contributed by atoms with E-state index in [0.29, 0.717) is 32.2 Å². The molecule has 152 valence electrons. The first-order valence-electron chi connectivity index (χ1n) is 9.64. The van der Waals surface area contributed by atoms with Gasteiger partial charge in [-0.05, 0) is 25.0 Å². The van der Waals surface area contributed by atoms with Crippen LogP contribution in [0, 0.1) is 0 Å². The fraction of sp³-hybridized carbons (Fsp3) is 0.650. The molecule has 1 aromatic carbocycles. The highest BCUT2D eigenvalue weighted by molar-refractivity contribution is 5.79. The van der Waals surface area contributed by atoms with Crippen molar-refractivity contribution in [3.8, 4) is 0 Å². The number of β-amino-alcohol motifs (C(OH)–C–C–N with tert-alkyl or cyclic N) is 1. The predicted molar refractivity (Wildman–Crippen MR) is 108 cm³/mol. The first kappa shape index (κ1) is 21.6. The molecular weight excluding hydrogens is 344 g/mol. The van der Waals surface area contributed by atoms with E-state index >= 15 is 0 Å². The van der Waals surface area contributed by atoms with Gasteiger partial charge < -0.3 is 25.2 Å². The lowest BCUT2D eigenvalue weighted by molar-refractivity contribution is -0.0201. The van der Waals surface area contributed by atoms with Crippen molar-refractivity contribution in [2.24, 2.45) is 4.99 Å². The maximum absolute atomic E-state index is 10.7. The van der Waals surface area contributed by atoms with Gasteiger partial charge in [0.2, 0.25) is 0 Å². The standard InChI is InChI=1S/C20H34N4O3/c1-4-21-19(22-13-17-5-7-18(8-6-17)14-26-3)23-15-20(2,25)16-24-9-11-27-12-10-24/h5-8,25H,4,9-16H2,1-3H3,(H2,21,22,23). The Morgan fingerprint density at radius 2 is 1.89 bits per heavy atom. The average Bonchev–Trinajstić information content (AvgIpc) is 2.66. The zero-order chi connectivity index (χ0) is 19.5. The Morgan fingerprint density at radius 3 is 2.52 bits per heavy atom. The highest BCUT2D eigenvalue weighted by Gasteiger charge is 2.25. The Balaban J connectivity index is 1.86. The van der Waals surface area contributed by atoms with Gasteiger partial charge in [0.15, 0.2) is 5.96 Å². The largest absolute Gasteiger partial charge is 0.387 e. The van der Waals surface area contributed by atoms with Crippen molar-refractivity contribution in [2.75, 3.05) is 53.0 Å². The fourth-order valence-corrected chi connectivity index (χ4v) is 2.99. The van der Waals surface area contributed by atoms with Gasteiger partial charge >= 0.3 is 0 Å². The second kappa shape index (κ2) is 11.2. The summed E-state index contributed by atoms with van der Waals surface area (Å²) < 4.78 is 10.5. The Bertz CT molecular complexity index is 569. The van der Waals surface area contributed by atoms with Crippen LogP contribution in [0.15, 0.2) is 29.3 Å². The monoisotopic (exact) mass is 378 g/mol. The van der Waals surface area contributed by atoms with E-state index in [1.165, 1.54) is 0 Å². The molecule has 0 amide bonds. The molecule has 1 atom stereocenters. The molecule has 2 rings (SSSR count). The van der Waals surface area contributed by atoms with Gasteiger partial charge in [0.05, 0.1) is 32.0 Å². The topological polar surface area (TPSA) is 78.4 Å². The fourth-order valence-electron chi connectivity index (χ4n) is 2.99. The summed E-state index contributed by atoms with van der Waals surface area (Å²) in [5.41, 5.74) is 1.44. The molecule has 0 saturated carbocycles. The molecule has 7 nitrogen and oxygen atoms in total. The average molecular weight is 379 g/mol. The minimum Gasteiger partial charge on any atom is -0.387 e.